The monoisotopic (exact) mass is 276 g/mol. The molecule has 1 rings (SSSR count). The second kappa shape index (κ2) is 6.87. The third-order valence-corrected chi connectivity index (χ3v) is 4.48. The molecule has 0 bridgehead atoms. The molecular weight excluding hydrogens is 260 g/mol. The maximum Gasteiger partial charge on any atom is 0.150 e. The average molecular weight is 277 g/mol. The van der Waals surface area contributed by atoms with E-state index in [1.165, 1.54) is 0 Å². The van der Waals surface area contributed by atoms with Gasteiger partial charge in [-0.2, -0.15) is 0 Å². The number of sulfone groups is 1. The van der Waals surface area contributed by atoms with Gasteiger partial charge in [0.05, 0.1) is 12.4 Å². The van der Waals surface area contributed by atoms with Gasteiger partial charge in [-0.05, 0) is 24.1 Å². The predicted octanol–water partition coefficient (Wildman–Crippen LogP) is 2.63. The lowest BCUT2D eigenvalue weighted by Gasteiger charge is -2.06. The van der Waals surface area contributed by atoms with Gasteiger partial charge in [0, 0.05) is 11.6 Å². The van der Waals surface area contributed by atoms with E-state index in [0.717, 1.165) is 11.3 Å². The summed E-state index contributed by atoms with van der Waals surface area (Å²) >= 11 is 5.66. The van der Waals surface area contributed by atoms with Crippen molar-refractivity contribution in [2.75, 3.05) is 18.1 Å². The zero-order valence-electron chi connectivity index (χ0n) is 9.86. The summed E-state index contributed by atoms with van der Waals surface area (Å²) in [4.78, 5) is 0. The summed E-state index contributed by atoms with van der Waals surface area (Å²) in [5.74, 6) is 1.60. The number of ether oxygens (including phenoxy) is 1. The SMILES string of the molecule is CCS(=O)(=O)CCCOc1ccc(CCl)cc1. The van der Waals surface area contributed by atoms with Crippen molar-refractivity contribution in [1.29, 1.82) is 0 Å². The molecule has 0 aliphatic rings. The van der Waals surface area contributed by atoms with Gasteiger partial charge < -0.3 is 4.74 Å². The van der Waals surface area contributed by atoms with Gasteiger partial charge in [0.1, 0.15) is 15.6 Å². The Morgan fingerprint density at radius 2 is 1.88 bits per heavy atom. The van der Waals surface area contributed by atoms with Crippen LogP contribution in [0.2, 0.25) is 0 Å². The van der Waals surface area contributed by atoms with Gasteiger partial charge in [-0.15, -0.1) is 11.6 Å². The number of halogens is 1. The number of hydrogen-bond donors (Lipinski definition) is 0. The quantitative estimate of drug-likeness (QED) is 0.568. The lowest BCUT2D eigenvalue weighted by Crippen LogP contribution is -2.11. The minimum atomic E-state index is -2.88. The van der Waals surface area contributed by atoms with Crippen molar-refractivity contribution in [3.05, 3.63) is 29.8 Å². The Morgan fingerprint density at radius 1 is 1.24 bits per heavy atom. The highest BCUT2D eigenvalue weighted by Gasteiger charge is 2.06. The molecule has 0 radical (unpaired) electrons. The molecule has 96 valence electrons. The maximum absolute atomic E-state index is 11.2. The first-order chi connectivity index (χ1) is 8.07. The van der Waals surface area contributed by atoms with Gasteiger partial charge in [-0.1, -0.05) is 19.1 Å². The lowest BCUT2D eigenvalue weighted by molar-refractivity contribution is 0.317. The van der Waals surface area contributed by atoms with Crippen LogP contribution in [0.15, 0.2) is 24.3 Å². The van der Waals surface area contributed by atoms with Crippen molar-refractivity contribution in [1.82, 2.24) is 0 Å². The van der Waals surface area contributed by atoms with E-state index in [4.69, 9.17) is 16.3 Å². The molecule has 0 saturated carbocycles. The van der Waals surface area contributed by atoms with Crippen LogP contribution < -0.4 is 4.74 Å². The van der Waals surface area contributed by atoms with Crippen molar-refractivity contribution >= 4 is 21.4 Å². The molecule has 0 aliphatic heterocycles. The molecule has 0 spiro atoms. The topological polar surface area (TPSA) is 43.4 Å². The summed E-state index contributed by atoms with van der Waals surface area (Å²) in [5, 5.41) is 0. The molecule has 0 amide bonds. The number of benzene rings is 1. The first-order valence-electron chi connectivity index (χ1n) is 5.55. The molecule has 1 aromatic carbocycles. The fourth-order valence-electron chi connectivity index (χ4n) is 1.29. The van der Waals surface area contributed by atoms with E-state index in [1.807, 2.05) is 24.3 Å². The van der Waals surface area contributed by atoms with Gasteiger partial charge >= 0.3 is 0 Å². The largest absolute Gasteiger partial charge is 0.494 e. The molecule has 17 heavy (non-hydrogen) atoms. The third kappa shape index (κ3) is 5.41. The molecule has 0 fully saturated rings. The standard InChI is InChI=1S/C12H17ClO3S/c1-2-17(14,15)9-3-8-16-12-6-4-11(10-13)5-7-12/h4-7H,2-3,8-10H2,1H3. The van der Waals surface area contributed by atoms with E-state index in [2.05, 4.69) is 0 Å². The van der Waals surface area contributed by atoms with E-state index in [9.17, 15) is 8.42 Å². The third-order valence-electron chi connectivity index (χ3n) is 2.39. The van der Waals surface area contributed by atoms with E-state index in [0.29, 0.717) is 18.9 Å². The molecule has 0 saturated heterocycles. The highest BCUT2D eigenvalue weighted by atomic mass is 35.5. The summed E-state index contributed by atoms with van der Waals surface area (Å²) in [5.41, 5.74) is 1.03. The number of alkyl halides is 1. The molecule has 1 aromatic rings. The molecule has 0 atom stereocenters. The Labute approximate surface area is 108 Å². The van der Waals surface area contributed by atoms with Crippen LogP contribution in [-0.2, 0) is 15.7 Å². The second-order valence-corrected chi connectivity index (χ2v) is 6.46. The van der Waals surface area contributed by atoms with Crippen LogP contribution in [0.4, 0.5) is 0 Å². The van der Waals surface area contributed by atoms with Crippen molar-refractivity contribution in [3.63, 3.8) is 0 Å². The van der Waals surface area contributed by atoms with Crippen LogP contribution in [0.3, 0.4) is 0 Å². The van der Waals surface area contributed by atoms with Gasteiger partial charge in [0.15, 0.2) is 0 Å². The normalized spacial score (nSPS) is 11.4. The van der Waals surface area contributed by atoms with Crippen LogP contribution in [0.5, 0.6) is 5.75 Å². The predicted molar refractivity (Wildman–Crippen MR) is 70.4 cm³/mol. The molecule has 0 aromatic heterocycles. The minimum absolute atomic E-state index is 0.184. The highest BCUT2D eigenvalue weighted by Crippen LogP contribution is 2.13. The fourth-order valence-corrected chi connectivity index (χ4v) is 2.31. The molecule has 0 N–H and O–H groups in total. The maximum atomic E-state index is 11.2. The molecule has 0 heterocycles. The van der Waals surface area contributed by atoms with Crippen LogP contribution in [0.1, 0.15) is 18.9 Å². The van der Waals surface area contributed by atoms with Gasteiger partial charge in [-0.3, -0.25) is 0 Å². The van der Waals surface area contributed by atoms with Gasteiger partial charge in [0.2, 0.25) is 0 Å². The molecule has 3 nitrogen and oxygen atoms in total. The molecular formula is C12H17ClO3S. The summed E-state index contributed by atoms with van der Waals surface area (Å²) < 4.78 is 27.9. The first-order valence-corrected chi connectivity index (χ1v) is 7.91. The first kappa shape index (κ1) is 14.3. The average Bonchev–Trinajstić information content (AvgIpc) is 2.35. The Kier molecular flexibility index (Phi) is 5.78. The van der Waals surface area contributed by atoms with Crippen LogP contribution >= 0.6 is 11.6 Å². The Hall–Kier alpha value is -0.740. The van der Waals surface area contributed by atoms with E-state index < -0.39 is 9.84 Å². The molecule has 0 aliphatic carbocycles. The highest BCUT2D eigenvalue weighted by molar-refractivity contribution is 7.91. The van der Waals surface area contributed by atoms with Crippen LogP contribution in [0.25, 0.3) is 0 Å². The second-order valence-electron chi connectivity index (χ2n) is 3.72. The van der Waals surface area contributed by atoms with Crippen molar-refractivity contribution in [2.24, 2.45) is 0 Å². The molecule has 0 unspecified atom stereocenters. The van der Waals surface area contributed by atoms with Gasteiger partial charge in [-0.25, -0.2) is 8.42 Å². The number of hydrogen-bond acceptors (Lipinski definition) is 3. The zero-order chi connectivity index (χ0) is 12.7. The van der Waals surface area contributed by atoms with E-state index in [-0.39, 0.29) is 11.5 Å². The Bertz CT molecular complexity index is 426. The van der Waals surface area contributed by atoms with Crippen LogP contribution in [0, 0.1) is 0 Å². The summed E-state index contributed by atoms with van der Waals surface area (Å²) in [6.07, 6.45) is 0.521. The Morgan fingerprint density at radius 3 is 2.41 bits per heavy atom. The summed E-state index contributed by atoms with van der Waals surface area (Å²) in [7, 11) is -2.88. The summed E-state index contributed by atoms with van der Waals surface area (Å²) in [6.45, 7) is 2.07. The van der Waals surface area contributed by atoms with E-state index in [1.54, 1.807) is 6.92 Å². The minimum Gasteiger partial charge on any atom is -0.494 e. The van der Waals surface area contributed by atoms with E-state index >= 15 is 0 Å². The fraction of sp³-hybridized carbons (Fsp3) is 0.500. The lowest BCUT2D eigenvalue weighted by atomic mass is 10.2. The smallest absolute Gasteiger partial charge is 0.150 e. The van der Waals surface area contributed by atoms with Crippen molar-refractivity contribution < 1.29 is 13.2 Å². The Balaban J connectivity index is 2.31. The van der Waals surface area contributed by atoms with Gasteiger partial charge in [0.25, 0.3) is 0 Å². The van der Waals surface area contributed by atoms with Crippen molar-refractivity contribution in [2.45, 2.75) is 19.2 Å². The number of rotatable bonds is 7. The zero-order valence-corrected chi connectivity index (χ0v) is 11.4. The van der Waals surface area contributed by atoms with Crippen LogP contribution in [-0.4, -0.2) is 26.5 Å². The molecule has 5 heteroatoms. The summed E-state index contributed by atoms with van der Waals surface area (Å²) in [6, 6.07) is 7.47. The van der Waals surface area contributed by atoms with Crippen molar-refractivity contribution in [3.8, 4) is 5.75 Å².